The Balaban J connectivity index is 1.33. The third kappa shape index (κ3) is 5.97. The molecule has 2 aliphatic rings. The number of rotatable bonds is 6. The highest BCUT2D eigenvalue weighted by atomic mass is 16.5. The maximum Gasteiger partial charge on any atom is 0.257 e. The molecule has 2 fully saturated rings. The first-order valence-electron chi connectivity index (χ1n) is 10.7. The third-order valence-corrected chi connectivity index (χ3v) is 6.17. The number of amides is 1. The van der Waals surface area contributed by atoms with Gasteiger partial charge in [-0.25, -0.2) is 0 Å². The van der Waals surface area contributed by atoms with Crippen LogP contribution in [0.1, 0.15) is 64.9 Å². The van der Waals surface area contributed by atoms with Gasteiger partial charge in [-0.15, -0.1) is 0 Å². The average molecular weight is 373 g/mol. The number of nitrogens with zero attached hydrogens (tertiary/aromatic N) is 1. The van der Waals surface area contributed by atoms with Crippen molar-refractivity contribution in [1.29, 1.82) is 0 Å². The number of nitrogens with one attached hydrogen (secondary N) is 1. The van der Waals surface area contributed by atoms with Gasteiger partial charge in [0.2, 0.25) is 0 Å². The van der Waals surface area contributed by atoms with Crippen molar-refractivity contribution < 1.29 is 9.53 Å². The Morgan fingerprint density at radius 1 is 1.07 bits per heavy atom. The zero-order chi connectivity index (χ0) is 19.3. The molecule has 150 valence electrons. The van der Waals surface area contributed by atoms with Crippen LogP contribution in [0.5, 0.6) is 5.75 Å². The van der Waals surface area contributed by atoms with E-state index in [2.05, 4.69) is 43.1 Å². The molecule has 4 heteroatoms. The molecule has 1 N–H and O–H groups in total. The third-order valence-electron chi connectivity index (χ3n) is 6.17. The van der Waals surface area contributed by atoms with Gasteiger partial charge in [0, 0.05) is 12.6 Å². The van der Waals surface area contributed by atoms with E-state index in [1.165, 1.54) is 57.2 Å². The second-order valence-corrected chi connectivity index (χ2v) is 9.28. The van der Waals surface area contributed by atoms with E-state index >= 15 is 0 Å². The molecule has 0 bridgehead atoms. The summed E-state index contributed by atoms with van der Waals surface area (Å²) in [5, 5.41) is 3.06. The second kappa shape index (κ2) is 9.09. The van der Waals surface area contributed by atoms with Crippen molar-refractivity contribution in [3.63, 3.8) is 0 Å². The summed E-state index contributed by atoms with van der Waals surface area (Å²) in [5.74, 6) is 1.34. The van der Waals surface area contributed by atoms with Gasteiger partial charge in [0.05, 0.1) is 0 Å². The van der Waals surface area contributed by atoms with Crippen molar-refractivity contribution in [3.8, 4) is 5.75 Å². The Bertz CT molecular complexity index is 592. The summed E-state index contributed by atoms with van der Waals surface area (Å²) >= 11 is 0. The number of ether oxygens (including phenoxy) is 1. The minimum absolute atomic E-state index is 0.0203. The molecule has 0 spiro atoms. The van der Waals surface area contributed by atoms with Gasteiger partial charge in [0.15, 0.2) is 6.61 Å². The molecule has 4 nitrogen and oxygen atoms in total. The van der Waals surface area contributed by atoms with Crippen molar-refractivity contribution in [1.82, 2.24) is 10.2 Å². The first-order chi connectivity index (χ1) is 12.9. The predicted octanol–water partition coefficient (Wildman–Crippen LogP) is 4.13. The van der Waals surface area contributed by atoms with Crippen molar-refractivity contribution in [2.75, 3.05) is 26.2 Å². The summed E-state index contributed by atoms with van der Waals surface area (Å²) in [4.78, 5) is 14.8. The van der Waals surface area contributed by atoms with Crippen molar-refractivity contribution in [2.24, 2.45) is 5.92 Å². The standard InChI is InChI=1S/C23H36N2O2/c1-23(2,3)19-8-10-21(11-9-19)27-17-22(26)24-16-18-12-14-25(15-13-18)20-6-4-5-7-20/h8-11,18,20H,4-7,12-17H2,1-3H3,(H,24,26). The lowest BCUT2D eigenvalue weighted by Gasteiger charge is -2.36. The second-order valence-electron chi connectivity index (χ2n) is 9.28. The van der Waals surface area contributed by atoms with E-state index < -0.39 is 0 Å². The number of piperidine rings is 1. The van der Waals surface area contributed by atoms with Crippen LogP contribution in [0.3, 0.4) is 0 Å². The fourth-order valence-electron chi connectivity index (χ4n) is 4.30. The van der Waals surface area contributed by atoms with Gasteiger partial charge in [0.25, 0.3) is 5.91 Å². The van der Waals surface area contributed by atoms with E-state index in [-0.39, 0.29) is 17.9 Å². The number of likely N-dealkylation sites (tertiary alicyclic amines) is 1. The van der Waals surface area contributed by atoms with E-state index in [1.54, 1.807) is 0 Å². The first kappa shape index (κ1) is 20.2. The largest absolute Gasteiger partial charge is 0.484 e. The monoisotopic (exact) mass is 372 g/mol. The van der Waals surface area contributed by atoms with E-state index in [0.717, 1.165) is 18.3 Å². The summed E-state index contributed by atoms with van der Waals surface area (Å²) in [5.41, 5.74) is 1.40. The molecule has 1 saturated heterocycles. The quantitative estimate of drug-likeness (QED) is 0.816. The molecule has 0 radical (unpaired) electrons. The summed E-state index contributed by atoms with van der Waals surface area (Å²) in [6.45, 7) is 9.83. The molecule has 1 aromatic rings. The van der Waals surface area contributed by atoms with Crippen LogP contribution >= 0.6 is 0 Å². The van der Waals surface area contributed by atoms with Crippen LogP contribution in [0, 0.1) is 5.92 Å². The average Bonchev–Trinajstić information content (AvgIpc) is 3.19. The molecule has 1 aliphatic heterocycles. The molecule has 1 heterocycles. The predicted molar refractivity (Wildman–Crippen MR) is 110 cm³/mol. The SMILES string of the molecule is CC(C)(C)c1ccc(OCC(=O)NCC2CCN(C3CCCC3)CC2)cc1. The summed E-state index contributed by atoms with van der Waals surface area (Å²) in [6.07, 6.45) is 7.97. The molecule has 1 aliphatic carbocycles. The molecule has 1 aromatic carbocycles. The van der Waals surface area contributed by atoms with Gasteiger partial charge in [0.1, 0.15) is 5.75 Å². The fraction of sp³-hybridized carbons (Fsp3) is 0.696. The number of hydrogen-bond acceptors (Lipinski definition) is 3. The van der Waals surface area contributed by atoms with Gasteiger partial charge >= 0.3 is 0 Å². The minimum Gasteiger partial charge on any atom is -0.484 e. The Hall–Kier alpha value is -1.55. The Labute approximate surface area is 164 Å². The highest BCUT2D eigenvalue weighted by molar-refractivity contribution is 5.77. The number of hydrogen-bond donors (Lipinski definition) is 1. The molecule has 0 aromatic heterocycles. The molecule has 0 unspecified atom stereocenters. The van der Waals surface area contributed by atoms with Crippen molar-refractivity contribution in [2.45, 2.75) is 70.8 Å². The van der Waals surface area contributed by atoms with E-state index in [1.807, 2.05) is 12.1 Å². The number of carbonyl (C=O) groups excluding carboxylic acids is 1. The summed E-state index contributed by atoms with van der Waals surface area (Å²) in [7, 11) is 0. The van der Waals surface area contributed by atoms with Gasteiger partial charge in [-0.1, -0.05) is 45.7 Å². The van der Waals surface area contributed by atoms with Gasteiger partial charge in [-0.05, 0) is 67.8 Å². The molecule has 1 amide bonds. The van der Waals surface area contributed by atoms with E-state index in [9.17, 15) is 4.79 Å². The Morgan fingerprint density at radius 3 is 2.30 bits per heavy atom. The topological polar surface area (TPSA) is 41.6 Å². The molecule has 27 heavy (non-hydrogen) atoms. The maximum atomic E-state index is 12.1. The van der Waals surface area contributed by atoms with Crippen LogP contribution in [0.2, 0.25) is 0 Å². The molecule has 1 saturated carbocycles. The minimum atomic E-state index is -0.0203. The molecule has 3 rings (SSSR count). The van der Waals surface area contributed by atoms with Gasteiger partial charge < -0.3 is 15.0 Å². The number of carbonyl (C=O) groups is 1. The fourth-order valence-corrected chi connectivity index (χ4v) is 4.30. The smallest absolute Gasteiger partial charge is 0.257 e. The maximum absolute atomic E-state index is 12.1. The van der Waals surface area contributed by atoms with E-state index in [0.29, 0.717) is 5.92 Å². The van der Waals surface area contributed by atoms with Crippen molar-refractivity contribution in [3.05, 3.63) is 29.8 Å². The zero-order valence-corrected chi connectivity index (χ0v) is 17.3. The van der Waals surface area contributed by atoms with Crippen LogP contribution in [0.25, 0.3) is 0 Å². The lowest BCUT2D eigenvalue weighted by Crippen LogP contribution is -2.43. The highest BCUT2D eigenvalue weighted by Gasteiger charge is 2.27. The van der Waals surface area contributed by atoms with Crippen LogP contribution in [0.15, 0.2) is 24.3 Å². The van der Waals surface area contributed by atoms with Crippen LogP contribution in [-0.2, 0) is 10.2 Å². The van der Waals surface area contributed by atoms with Gasteiger partial charge in [-0.2, -0.15) is 0 Å². The van der Waals surface area contributed by atoms with Crippen LogP contribution in [0.4, 0.5) is 0 Å². The van der Waals surface area contributed by atoms with Crippen molar-refractivity contribution >= 4 is 5.91 Å². The van der Waals surface area contributed by atoms with Gasteiger partial charge in [-0.3, -0.25) is 4.79 Å². The molecule has 0 atom stereocenters. The lowest BCUT2D eigenvalue weighted by molar-refractivity contribution is -0.123. The molecular weight excluding hydrogens is 336 g/mol. The van der Waals surface area contributed by atoms with Crippen LogP contribution in [-0.4, -0.2) is 43.1 Å². The Kier molecular flexibility index (Phi) is 6.80. The molecular formula is C23H36N2O2. The van der Waals surface area contributed by atoms with Crippen LogP contribution < -0.4 is 10.1 Å². The van der Waals surface area contributed by atoms with E-state index in [4.69, 9.17) is 4.74 Å². The highest BCUT2D eigenvalue weighted by Crippen LogP contribution is 2.27. The summed E-state index contributed by atoms with van der Waals surface area (Å²) < 4.78 is 5.64. The normalized spacial score (nSPS) is 20.0. The zero-order valence-electron chi connectivity index (χ0n) is 17.3. The Morgan fingerprint density at radius 2 is 1.70 bits per heavy atom. The summed E-state index contributed by atoms with van der Waals surface area (Å²) in [6, 6.07) is 8.88. The lowest BCUT2D eigenvalue weighted by atomic mass is 9.87. The number of benzene rings is 1. The first-order valence-corrected chi connectivity index (χ1v) is 10.7.